The van der Waals surface area contributed by atoms with Gasteiger partial charge in [-0.15, -0.1) is 0 Å². The average Bonchev–Trinajstić information content (AvgIpc) is 2.53. The number of alkyl halides is 3. The van der Waals surface area contributed by atoms with Crippen LogP contribution < -0.4 is 5.32 Å². The molecule has 0 saturated carbocycles. The van der Waals surface area contributed by atoms with Crippen molar-refractivity contribution in [1.82, 2.24) is 15.1 Å². The zero-order valence-electron chi connectivity index (χ0n) is 14.1. The zero-order chi connectivity index (χ0) is 17.7. The number of amides is 1. The van der Waals surface area contributed by atoms with Crippen LogP contribution in [0.3, 0.4) is 0 Å². The van der Waals surface area contributed by atoms with E-state index in [0.717, 1.165) is 32.0 Å². The van der Waals surface area contributed by atoms with Gasteiger partial charge in [0.1, 0.15) is 0 Å². The molecule has 0 aliphatic carbocycles. The Labute approximate surface area is 140 Å². The van der Waals surface area contributed by atoms with Crippen molar-refractivity contribution in [2.45, 2.75) is 31.6 Å². The summed E-state index contributed by atoms with van der Waals surface area (Å²) >= 11 is 0. The Hall–Kier alpha value is -1.60. The first kappa shape index (κ1) is 18.7. The van der Waals surface area contributed by atoms with Gasteiger partial charge in [0.25, 0.3) is 0 Å². The molecule has 0 aromatic heterocycles. The molecule has 2 rings (SSSR count). The number of carbonyl (C=O) groups excluding carboxylic acids is 1. The highest BCUT2D eigenvalue weighted by atomic mass is 19.4. The highest BCUT2D eigenvalue weighted by Crippen LogP contribution is 2.29. The van der Waals surface area contributed by atoms with Crippen LogP contribution in [0.25, 0.3) is 0 Å². The number of hydrogen-bond acceptors (Lipinski definition) is 3. The second-order valence-electron chi connectivity index (χ2n) is 6.42. The lowest BCUT2D eigenvalue weighted by atomic mass is 10.0. The molecule has 1 heterocycles. The fourth-order valence-electron chi connectivity index (χ4n) is 2.75. The van der Waals surface area contributed by atoms with Crippen LogP contribution in [0.2, 0.25) is 0 Å². The third-order valence-electron chi connectivity index (χ3n) is 4.29. The van der Waals surface area contributed by atoms with Crippen molar-refractivity contribution in [2.75, 3.05) is 33.7 Å². The van der Waals surface area contributed by atoms with E-state index in [4.69, 9.17) is 0 Å². The minimum atomic E-state index is -4.31. The Kier molecular flexibility index (Phi) is 6.23. The third kappa shape index (κ3) is 5.49. The zero-order valence-corrected chi connectivity index (χ0v) is 14.1. The summed E-state index contributed by atoms with van der Waals surface area (Å²) in [4.78, 5) is 15.4. The van der Waals surface area contributed by atoms with Gasteiger partial charge in [0.05, 0.1) is 12.1 Å². The van der Waals surface area contributed by atoms with Gasteiger partial charge in [0.2, 0.25) is 5.91 Å². The molecule has 0 radical (unpaired) electrons. The fourth-order valence-corrected chi connectivity index (χ4v) is 2.75. The average molecular weight is 343 g/mol. The van der Waals surface area contributed by atoms with Crippen molar-refractivity contribution in [1.29, 1.82) is 0 Å². The highest BCUT2D eigenvalue weighted by molar-refractivity contribution is 5.77. The van der Waals surface area contributed by atoms with Crippen LogP contribution in [-0.2, 0) is 17.5 Å². The van der Waals surface area contributed by atoms with Gasteiger partial charge in [0, 0.05) is 39.8 Å². The molecule has 1 N–H and O–H groups in total. The van der Waals surface area contributed by atoms with Gasteiger partial charge < -0.3 is 10.2 Å². The number of carbonyl (C=O) groups is 1. The Morgan fingerprint density at radius 1 is 1.29 bits per heavy atom. The van der Waals surface area contributed by atoms with Crippen LogP contribution in [0.1, 0.15) is 24.0 Å². The number of likely N-dealkylation sites (tertiary alicyclic amines) is 1. The second kappa shape index (κ2) is 7.98. The van der Waals surface area contributed by atoms with Crippen LogP contribution in [-0.4, -0.2) is 55.5 Å². The molecular weight excluding hydrogens is 319 g/mol. The molecule has 134 valence electrons. The molecule has 0 atom stereocenters. The van der Waals surface area contributed by atoms with E-state index < -0.39 is 11.7 Å². The SMILES string of the molecule is CN(C)C(=O)CN1CCC(NCc2cccc(C(F)(F)F)c2)CC1. The fraction of sp³-hybridized carbons (Fsp3) is 0.588. The van der Waals surface area contributed by atoms with Crippen LogP contribution in [0.4, 0.5) is 13.2 Å². The monoisotopic (exact) mass is 343 g/mol. The Bertz CT molecular complexity index is 552. The van der Waals surface area contributed by atoms with E-state index in [9.17, 15) is 18.0 Å². The summed E-state index contributed by atoms with van der Waals surface area (Å²) in [5, 5.41) is 3.32. The van der Waals surface area contributed by atoms with Gasteiger partial charge in [-0.25, -0.2) is 0 Å². The molecule has 0 unspecified atom stereocenters. The normalized spacial score (nSPS) is 17.0. The molecule has 4 nitrogen and oxygen atoms in total. The molecule has 1 aromatic carbocycles. The van der Waals surface area contributed by atoms with E-state index >= 15 is 0 Å². The quantitative estimate of drug-likeness (QED) is 0.891. The molecular formula is C17H24F3N3O. The molecule has 1 saturated heterocycles. The molecule has 0 bridgehead atoms. The highest BCUT2D eigenvalue weighted by Gasteiger charge is 2.30. The molecule has 1 aliphatic heterocycles. The summed E-state index contributed by atoms with van der Waals surface area (Å²) < 4.78 is 38.1. The minimum absolute atomic E-state index is 0.0883. The topological polar surface area (TPSA) is 35.6 Å². The Morgan fingerprint density at radius 3 is 2.54 bits per heavy atom. The largest absolute Gasteiger partial charge is 0.416 e. The second-order valence-corrected chi connectivity index (χ2v) is 6.42. The standard InChI is InChI=1S/C17H24F3N3O/c1-22(2)16(24)12-23-8-6-15(7-9-23)21-11-13-4-3-5-14(10-13)17(18,19)20/h3-5,10,15,21H,6-9,11-12H2,1-2H3. The summed E-state index contributed by atoms with van der Waals surface area (Å²) in [5.41, 5.74) is 0.0221. The van der Waals surface area contributed by atoms with Crippen molar-refractivity contribution < 1.29 is 18.0 Å². The number of piperidine rings is 1. The number of halogens is 3. The lowest BCUT2D eigenvalue weighted by molar-refractivity contribution is -0.137. The molecule has 1 aliphatic rings. The summed E-state index contributed by atoms with van der Waals surface area (Å²) in [6, 6.07) is 5.69. The van der Waals surface area contributed by atoms with E-state index in [2.05, 4.69) is 10.2 Å². The molecule has 0 spiro atoms. The van der Waals surface area contributed by atoms with Crippen molar-refractivity contribution in [3.8, 4) is 0 Å². The maximum Gasteiger partial charge on any atom is 0.416 e. The van der Waals surface area contributed by atoms with Crippen molar-refractivity contribution in [3.05, 3.63) is 35.4 Å². The first-order chi connectivity index (χ1) is 11.3. The van der Waals surface area contributed by atoms with Crippen LogP contribution in [0, 0.1) is 0 Å². The summed E-state index contributed by atoms with van der Waals surface area (Å²) in [5.74, 6) is 0.0883. The lowest BCUT2D eigenvalue weighted by Crippen LogP contribution is -2.45. The van der Waals surface area contributed by atoms with Crippen LogP contribution >= 0.6 is 0 Å². The van der Waals surface area contributed by atoms with E-state index in [1.807, 2.05) is 0 Å². The molecule has 1 aromatic rings. The van der Waals surface area contributed by atoms with Gasteiger partial charge in [-0.3, -0.25) is 9.69 Å². The van der Waals surface area contributed by atoms with Crippen LogP contribution in [0.15, 0.2) is 24.3 Å². The van der Waals surface area contributed by atoms with E-state index in [0.29, 0.717) is 18.7 Å². The first-order valence-electron chi connectivity index (χ1n) is 8.07. The van der Waals surface area contributed by atoms with E-state index in [1.165, 1.54) is 12.1 Å². The van der Waals surface area contributed by atoms with Crippen LogP contribution in [0.5, 0.6) is 0 Å². The Balaban J connectivity index is 1.78. The predicted molar refractivity (Wildman–Crippen MR) is 86.4 cm³/mol. The molecule has 1 amide bonds. The number of nitrogens with zero attached hydrogens (tertiary/aromatic N) is 2. The van der Waals surface area contributed by atoms with Gasteiger partial charge in [-0.1, -0.05) is 18.2 Å². The van der Waals surface area contributed by atoms with Gasteiger partial charge in [0.15, 0.2) is 0 Å². The van der Waals surface area contributed by atoms with Gasteiger partial charge in [-0.2, -0.15) is 13.2 Å². The molecule has 24 heavy (non-hydrogen) atoms. The summed E-state index contributed by atoms with van der Waals surface area (Å²) in [6.45, 7) is 2.48. The smallest absolute Gasteiger partial charge is 0.348 e. The molecule has 1 fully saturated rings. The summed E-state index contributed by atoms with van der Waals surface area (Å²) in [7, 11) is 3.48. The van der Waals surface area contributed by atoms with Gasteiger partial charge >= 0.3 is 6.18 Å². The maximum absolute atomic E-state index is 12.7. The van der Waals surface area contributed by atoms with Crippen molar-refractivity contribution >= 4 is 5.91 Å². The van der Waals surface area contributed by atoms with E-state index in [1.54, 1.807) is 25.1 Å². The van der Waals surface area contributed by atoms with Gasteiger partial charge in [-0.05, 0) is 24.5 Å². The number of likely N-dealkylation sites (N-methyl/N-ethyl adjacent to an activating group) is 1. The van der Waals surface area contributed by atoms with E-state index in [-0.39, 0.29) is 11.9 Å². The lowest BCUT2D eigenvalue weighted by Gasteiger charge is -2.32. The maximum atomic E-state index is 12.7. The Morgan fingerprint density at radius 2 is 1.96 bits per heavy atom. The minimum Gasteiger partial charge on any atom is -0.348 e. The van der Waals surface area contributed by atoms with Crippen molar-refractivity contribution in [3.63, 3.8) is 0 Å². The number of rotatable bonds is 5. The van der Waals surface area contributed by atoms with Crippen molar-refractivity contribution in [2.24, 2.45) is 0 Å². The third-order valence-corrected chi connectivity index (χ3v) is 4.29. The predicted octanol–water partition coefficient (Wildman–Crippen LogP) is 2.35. The molecule has 7 heteroatoms. The number of hydrogen-bond donors (Lipinski definition) is 1. The summed E-state index contributed by atoms with van der Waals surface area (Å²) in [6.07, 6.45) is -2.53. The first-order valence-corrected chi connectivity index (χ1v) is 8.07. The number of benzene rings is 1. The number of nitrogens with one attached hydrogen (secondary N) is 1.